The molecule has 0 bridgehead atoms. The van der Waals surface area contributed by atoms with Crippen LogP contribution in [0.25, 0.3) is 0 Å². The van der Waals surface area contributed by atoms with Crippen LogP contribution >= 0.6 is 11.6 Å². The van der Waals surface area contributed by atoms with Crippen LogP contribution < -0.4 is 10.2 Å². The minimum atomic E-state index is -5.40. The molecule has 1 N–H and O–H groups in total. The first-order valence-electron chi connectivity index (χ1n) is 11.1. The molecule has 0 saturated carbocycles. The topological polar surface area (TPSA) is 35.6 Å². The zero-order valence-electron chi connectivity index (χ0n) is 17.9. The highest BCUT2D eigenvalue weighted by Crippen LogP contribution is 2.43. The number of hydrogen-bond acceptors (Lipinski definition) is 3. The number of benzene rings is 1. The van der Waals surface area contributed by atoms with Crippen molar-refractivity contribution in [2.24, 2.45) is 5.41 Å². The highest BCUT2D eigenvalue weighted by molar-refractivity contribution is 6.30. The molecule has 184 valence electrons. The van der Waals surface area contributed by atoms with Gasteiger partial charge in [0.1, 0.15) is 0 Å². The molecule has 1 amide bonds. The zero-order chi connectivity index (χ0) is 24.0. The Bertz CT molecular complexity index is 868. The van der Waals surface area contributed by atoms with Crippen LogP contribution in [0.15, 0.2) is 18.2 Å². The van der Waals surface area contributed by atoms with Gasteiger partial charge in [0.25, 0.3) is 0 Å². The first kappa shape index (κ1) is 24.4. The quantitative estimate of drug-likeness (QED) is 0.598. The standard InChI is InChI=1S/C22H26ClF6N3O/c23-15-4-3-14(12-16-2-1-9-32(16)18(21(24,25)26)22(27,28)29)17(13-15)31-10-6-20(7-11-31)5-8-30-19(20)33/h3-4,13,16,18H,1-2,5-12H2,(H,30,33). The van der Waals surface area contributed by atoms with Crippen LogP contribution in [0.4, 0.5) is 32.0 Å². The lowest BCUT2D eigenvalue weighted by Crippen LogP contribution is -2.56. The monoisotopic (exact) mass is 497 g/mol. The molecule has 33 heavy (non-hydrogen) atoms. The lowest BCUT2D eigenvalue weighted by molar-refractivity contribution is -0.289. The van der Waals surface area contributed by atoms with E-state index in [1.54, 1.807) is 18.2 Å². The minimum absolute atomic E-state index is 0.0559. The highest BCUT2D eigenvalue weighted by atomic mass is 35.5. The lowest BCUT2D eigenvalue weighted by atomic mass is 9.77. The number of rotatable bonds is 4. The maximum atomic E-state index is 13.4. The largest absolute Gasteiger partial charge is 0.412 e. The van der Waals surface area contributed by atoms with E-state index in [2.05, 4.69) is 5.32 Å². The van der Waals surface area contributed by atoms with Crippen molar-refractivity contribution < 1.29 is 31.1 Å². The van der Waals surface area contributed by atoms with Crippen molar-refractivity contribution in [3.8, 4) is 0 Å². The number of amides is 1. The number of hydrogen-bond donors (Lipinski definition) is 1. The molecule has 3 aliphatic heterocycles. The first-order valence-corrected chi connectivity index (χ1v) is 11.5. The van der Waals surface area contributed by atoms with E-state index in [4.69, 9.17) is 11.6 Å². The molecule has 3 fully saturated rings. The second-order valence-electron chi connectivity index (χ2n) is 9.27. The number of nitrogens with zero attached hydrogens (tertiary/aromatic N) is 2. The van der Waals surface area contributed by atoms with Crippen molar-refractivity contribution in [1.29, 1.82) is 0 Å². The summed E-state index contributed by atoms with van der Waals surface area (Å²) in [5.74, 6) is 0.0559. The Balaban J connectivity index is 1.55. The lowest BCUT2D eigenvalue weighted by Gasteiger charge is -2.40. The molecular formula is C22H26ClF6N3O. The van der Waals surface area contributed by atoms with Crippen molar-refractivity contribution >= 4 is 23.2 Å². The van der Waals surface area contributed by atoms with Gasteiger partial charge in [-0.1, -0.05) is 17.7 Å². The number of carbonyl (C=O) groups excluding carboxylic acids is 1. The summed E-state index contributed by atoms with van der Waals surface area (Å²) in [6.07, 6.45) is -8.13. The Morgan fingerprint density at radius 3 is 2.30 bits per heavy atom. The molecule has 3 saturated heterocycles. The van der Waals surface area contributed by atoms with Crippen molar-refractivity contribution in [3.05, 3.63) is 28.8 Å². The number of anilines is 1. The van der Waals surface area contributed by atoms with Gasteiger partial charge in [-0.25, -0.2) is 0 Å². The van der Waals surface area contributed by atoms with E-state index in [-0.39, 0.29) is 37.1 Å². The molecule has 0 aliphatic carbocycles. The molecule has 0 radical (unpaired) electrons. The summed E-state index contributed by atoms with van der Waals surface area (Å²) < 4.78 is 80.2. The average Bonchev–Trinajstić information content (AvgIpc) is 3.29. The summed E-state index contributed by atoms with van der Waals surface area (Å²) in [6.45, 7) is 1.54. The molecule has 1 atom stereocenters. The fourth-order valence-corrected chi connectivity index (χ4v) is 5.77. The Morgan fingerprint density at radius 1 is 1.06 bits per heavy atom. The van der Waals surface area contributed by atoms with E-state index < -0.39 is 24.4 Å². The van der Waals surface area contributed by atoms with E-state index in [0.29, 0.717) is 48.0 Å². The summed E-state index contributed by atoms with van der Waals surface area (Å²) in [6, 6.07) is 0.671. The predicted molar refractivity (Wildman–Crippen MR) is 112 cm³/mol. The molecule has 4 nitrogen and oxygen atoms in total. The molecule has 3 heterocycles. The van der Waals surface area contributed by atoms with Gasteiger partial charge in [-0.3, -0.25) is 9.69 Å². The van der Waals surface area contributed by atoms with Crippen LogP contribution in [-0.2, 0) is 11.2 Å². The van der Waals surface area contributed by atoms with Crippen LogP contribution in [0.2, 0.25) is 5.02 Å². The summed E-state index contributed by atoms with van der Waals surface area (Å²) in [7, 11) is 0. The molecule has 1 aromatic carbocycles. The summed E-state index contributed by atoms with van der Waals surface area (Å²) >= 11 is 6.20. The van der Waals surface area contributed by atoms with Gasteiger partial charge in [-0.05, 0) is 62.8 Å². The average molecular weight is 498 g/mol. The Labute approximate surface area is 193 Å². The van der Waals surface area contributed by atoms with E-state index in [9.17, 15) is 31.1 Å². The molecular weight excluding hydrogens is 472 g/mol. The van der Waals surface area contributed by atoms with Gasteiger partial charge in [-0.15, -0.1) is 0 Å². The number of carbonyl (C=O) groups is 1. The van der Waals surface area contributed by atoms with Crippen LogP contribution in [0.5, 0.6) is 0 Å². The van der Waals surface area contributed by atoms with E-state index in [0.717, 1.165) is 12.1 Å². The van der Waals surface area contributed by atoms with Gasteiger partial charge >= 0.3 is 12.4 Å². The third-order valence-electron chi connectivity index (χ3n) is 7.31. The van der Waals surface area contributed by atoms with Crippen molar-refractivity contribution in [3.63, 3.8) is 0 Å². The van der Waals surface area contributed by atoms with E-state index in [1.807, 2.05) is 4.90 Å². The molecule has 3 aliphatic rings. The second kappa shape index (κ2) is 8.83. The fourth-order valence-electron chi connectivity index (χ4n) is 5.61. The Kier molecular flexibility index (Phi) is 6.54. The van der Waals surface area contributed by atoms with Gasteiger partial charge < -0.3 is 10.2 Å². The maximum absolute atomic E-state index is 13.4. The molecule has 4 rings (SSSR count). The Hall–Kier alpha value is -1.68. The maximum Gasteiger partial charge on any atom is 0.412 e. The summed E-state index contributed by atoms with van der Waals surface area (Å²) in [5, 5.41) is 3.32. The number of piperidine rings is 1. The van der Waals surface area contributed by atoms with Crippen LogP contribution in [-0.4, -0.2) is 61.4 Å². The molecule has 1 aromatic rings. The van der Waals surface area contributed by atoms with Gasteiger partial charge in [0, 0.05) is 36.4 Å². The van der Waals surface area contributed by atoms with Gasteiger partial charge in [0.05, 0.1) is 5.41 Å². The van der Waals surface area contributed by atoms with Crippen molar-refractivity contribution in [2.45, 2.75) is 63.0 Å². The minimum Gasteiger partial charge on any atom is -0.371 e. The van der Waals surface area contributed by atoms with Crippen molar-refractivity contribution in [2.75, 3.05) is 31.1 Å². The van der Waals surface area contributed by atoms with Crippen molar-refractivity contribution in [1.82, 2.24) is 10.2 Å². The fraction of sp³-hybridized carbons (Fsp3) is 0.682. The van der Waals surface area contributed by atoms with E-state index >= 15 is 0 Å². The van der Waals surface area contributed by atoms with E-state index in [1.165, 1.54) is 0 Å². The van der Waals surface area contributed by atoms with Gasteiger partial charge in [-0.2, -0.15) is 26.3 Å². The third kappa shape index (κ3) is 4.92. The van der Waals surface area contributed by atoms with Crippen LogP contribution in [0, 0.1) is 5.41 Å². The molecule has 1 spiro atoms. The predicted octanol–water partition coefficient (Wildman–Crippen LogP) is 4.95. The molecule has 1 unspecified atom stereocenters. The van der Waals surface area contributed by atoms with Crippen LogP contribution in [0.1, 0.15) is 37.7 Å². The molecule has 0 aromatic heterocycles. The summed E-state index contributed by atoms with van der Waals surface area (Å²) in [4.78, 5) is 14.9. The SMILES string of the molecule is O=C1NCCC12CCN(c1cc(Cl)ccc1CC1CCCN1C(C(F)(F)F)C(F)(F)F)CC2. The van der Waals surface area contributed by atoms with Crippen LogP contribution in [0.3, 0.4) is 0 Å². The Morgan fingerprint density at radius 2 is 1.73 bits per heavy atom. The number of alkyl halides is 6. The second-order valence-corrected chi connectivity index (χ2v) is 9.71. The summed E-state index contributed by atoms with van der Waals surface area (Å²) in [5.41, 5.74) is 1.01. The number of halogens is 7. The first-order chi connectivity index (χ1) is 15.4. The number of likely N-dealkylation sites (tertiary alicyclic amines) is 1. The smallest absolute Gasteiger partial charge is 0.371 e. The van der Waals surface area contributed by atoms with Gasteiger partial charge in [0.2, 0.25) is 11.9 Å². The highest BCUT2D eigenvalue weighted by Gasteiger charge is 2.61. The van der Waals surface area contributed by atoms with Gasteiger partial charge in [0.15, 0.2) is 0 Å². The molecule has 11 heteroatoms. The third-order valence-corrected chi connectivity index (χ3v) is 7.54. The zero-order valence-corrected chi connectivity index (χ0v) is 18.7. The normalized spacial score (nSPS) is 24.2. The number of nitrogens with one attached hydrogen (secondary N) is 1.